The van der Waals surface area contributed by atoms with Gasteiger partial charge in [0.25, 0.3) is 11.5 Å². The number of nitrogens with zero attached hydrogens (tertiary/aromatic N) is 4. The largest absolute Gasteiger partial charge is 0.350 e. The molecule has 36 heavy (non-hydrogen) atoms. The Kier molecular flexibility index (Phi) is 7.44. The molecule has 0 aliphatic carbocycles. The molecule has 0 radical (unpaired) electrons. The molecule has 0 spiro atoms. The third-order valence-electron chi connectivity index (χ3n) is 5.55. The predicted octanol–water partition coefficient (Wildman–Crippen LogP) is 3.88. The van der Waals surface area contributed by atoms with E-state index in [1.54, 1.807) is 27.2 Å². The van der Waals surface area contributed by atoms with Gasteiger partial charge in [-0.25, -0.2) is 0 Å². The summed E-state index contributed by atoms with van der Waals surface area (Å²) >= 11 is 1.22. The van der Waals surface area contributed by atoms with Crippen LogP contribution < -0.4 is 16.2 Å². The molecule has 2 amide bonds. The van der Waals surface area contributed by atoms with E-state index in [2.05, 4.69) is 20.8 Å². The van der Waals surface area contributed by atoms with Crippen molar-refractivity contribution in [2.75, 3.05) is 11.1 Å². The van der Waals surface area contributed by atoms with Gasteiger partial charge in [-0.05, 0) is 56.5 Å². The molecule has 10 heteroatoms. The van der Waals surface area contributed by atoms with Crippen LogP contribution in [0.4, 0.5) is 5.69 Å². The molecule has 0 unspecified atom stereocenters. The van der Waals surface area contributed by atoms with Crippen LogP contribution in [0.5, 0.6) is 0 Å². The quantitative estimate of drug-likeness (QED) is 0.351. The summed E-state index contributed by atoms with van der Waals surface area (Å²) in [5.41, 5.74) is 2.49. The van der Waals surface area contributed by atoms with Crippen LogP contribution in [0.25, 0.3) is 16.7 Å². The van der Waals surface area contributed by atoms with Gasteiger partial charge in [0.2, 0.25) is 11.7 Å². The van der Waals surface area contributed by atoms with Crippen LogP contribution in [0.15, 0.2) is 52.4 Å². The van der Waals surface area contributed by atoms with E-state index >= 15 is 0 Å². The zero-order valence-electron chi connectivity index (χ0n) is 21.0. The highest BCUT2D eigenvalue weighted by molar-refractivity contribution is 7.99. The zero-order chi connectivity index (χ0) is 26.0. The van der Waals surface area contributed by atoms with Gasteiger partial charge in [0.1, 0.15) is 0 Å². The second kappa shape index (κ2) is 10.5. The summed E-state index contributed by atoms with van der Waals surface area (Å²) in [4.78, 5) is 38.7. The molecule has 0 saturated carbocycles. The molecular formula is C26H30N6O3S. The molecule has 0 aliphatic heterocycles. The molecular weight excluding hydrogens is 476 g/mol. The summed E-state index contributed by atoms with van der Waals surface area (Å²) in [5.74, 6) is 0.277. The number of aromatic nitrogens is 4. The van der Waals surface area contributed by atoms with Gasteiger partial charge in [-0.2, -0.15) is 0 Å². The van der Waals surface area contributed by atoms with Crippen LogP contribution in [0, 0.1) is 12.8 Å². The SMILES string of the molecule is Cc1ccccc1NC(=O)CSc1nnc2n(CC(C)C)c(=O)c3ccc(C(=O)NC(C)C)cc3n12. The zero-order valence-corrected chi connectivity index (χ0v) is 21.8. The number of aryl methyl sites for hydroxylation is 1. The number of rotatable bonds is 8. The van der Waals surface area contributed by atoms with Gasteiger partial charge in [0.05, 0.1) is 16.7 Å². The van der Waals surface area contributed by atoms with Crippen LogP contribution in [0.1, 0.15) is 43.6 Å². The monoisotopic (exact) mass is 506 g/mol. The maximum atomic E-state index is 13.4. The molecule has 0 aliphatic rings. The number of hydrogen-bond acceptors (Lipinski definition) is 6. The number of carbonyl (C=O) groups is 2. The maximum absolute atomic E-state index is 13.4. The fourth-order valence-electron chi connectivity index (χ4n) is 3.92. The van der Waals surface area contributed by atoms with Gasteiger partial charge in [-0.1, -0.05) is 43.8 Å². The first-order chi connectivity index (χ1) is 17.2. The molecule has 2 aromatic heterocycles. The van der Waals surface area contributed by atoms with Crippen LogP contribution in [0.2, 0.25) is 0 Å². The molecule has 188 valence electrons. The smallest absolute Gasteiger partial charge is 0.262 e. The van der Waals surface area contributed by atoms with Crippen molar-refractivity contribution in [1.82, 2.24) is 24.5 Å². The minimum Gasteiger partial charge on any atom is -0.350 e. The summed E-state index contributed by atoms with van der Waals surface area (Å²) in [6.07, 6.45) is 0. The summed E-state index contributed by atoms with van der Waals surface area (Å²) in [6.45, 7) is 10.2. The minimum absolute atomic E-state index is 0.0277. The summed E-state index contributed by atoms with van der Waals surface area (Å²) in [7, 11) is 0. The summed E-state index contributed by atoms with van der Waals surface area (Å²) in [6, 6.07) is 12.5. The second-order valence-corrected chi connectivity index (χ2v) is 10.4. The van der Waals surface area contributed by atoms with E-state index in [-0.39, 0.29) is 35.1 Å². The number of thioether (sulfide) groups is 1. The van der Waals surface area contributed by atoms with Crippen molar-refractivity contribution in [1.29, 1.82) is 0 Å². The van der Waals surface area contributed by atoms with Gasteiger partial charge >= 0.3 is 0 Å². The lowest BCUT2D eigenvalue weighted by Gasteiger charge is -2.14. The first-order valence-corrected chi connectivity index (χ1v) is 12.8. The number of benzene rings is 2. The Morgan fingerprint density at radius 2 is 1.81 bits per heavy atom. The molecule has 2 aromatic carbocycles. The fourth-order valence-corrected chi connectivity index (χ4v) is 4.66. The molecule has 0 saturated heterocycles. The fraction of sp³-hybridized carbons (Fsp3) is 0.346. The number of nitrogens with one attached hydrogen (secondary N) is 2. The van der Waals surface area contributed by atoms with Crippen LogP contribution in [0.3, 0.4) is 0 Å². The van der Waals surface area contributed by atoms with Gasteiger partial charge in [-0.15, -0.1) is 10.2 Å². The third kappa shape index (κ3) is 5.28. The molecule has 4 rings (SSSR count). The highest BCUT2D eigenvalue weighted by Crippen LogP contribution is 2.24. The van der Waals surface area contributed by atoms with Gasteiger partial charge in [0.15, 0.2) is 5.16 Å². The van der Waals surface area contributed by atoms with Crippen LogP contribution in [-0.2, 0) is 11.3 Å². The topological polar surface area (TPSA) is 110 Å². The highest BCUT2D eigenvalue weighted by atomic mass is 32.2. The van der Waals surface area contributed by atoms with Crippen molar-refractivity contribution in [3.8, 4) is 0 Å². The Hall–Kier alpha value is -3.66. The van der Waals surface area contributed by atoms with Crippen LogP contribution in [-0.4, -0.2) is 42.8 Å². The molecule has 2 heterocycles. The van der Waals surface area contributed by atoms with E-state index in [0.29, 0.717) is 33.9 Å². The number of anilines is 1. The number of carbonyl (C=O) groups excluding carboxylic acids is 2. The molecule has 0 atom stereocenters. The summed E-state index contributed by atoms with van der Waals surface area (Å²) < 4.78 is 3.36. The highest BCUT2D eigenvalue weighted by Gasteiger charge is 2.20. The molecule has 4 aromatic rings. The van der Waals surface area contributed by atoms with Crippen molar-refractivity contribution in [2.24, 2.45) is 5.92 Å². The normalized spacial score (nSPS) is 11.5. The van der Waals surface area contributed by atoms with E-state index < -0.39 is 0 Å². The first kappa shape index (κ1) is 25.4. The average Bonchev–Trinajstić information content (AvgIpc) is 3.25. The van der Waals surface area contributed by atoms with E-state index in [0.717, 1.165) is 11.3 Å². The van der Waals surface area contributed by atoms with Crippen LogP contribution >= 0.6 is 11.8 Å². The Labute approximate surface area is 213 Å². The van der Waals surface area contributed by atoms with E-state index in [1.807, 2.05) is 58.9 Å². The number of hydrogen-bond donors (Lipinski definition) is 2. The molecule has 2 N–H and O–H groups in total. The van der Waals surface area contributed by atoms with E-state index in [1.165, 1.54) is 11.8 Å². The molecule has 0 fully saturated rings. The van der Waals surface area contributed by atoms with Gasteiger partial charge < -0.3 is 10.6 Å². The lowest BCUT2D eigenvalue weighted by Crippen LogP contribution is -2.30. The van der Waals surface area contributed by atoms with Gasteiger partial charge in [0, 0.05) is 23.8 Å². The summed E-state index contributed by atoms with van der Waals surface area (Å²) in [5, 5.41) is 15.3. The van der Waals surface area contributed by atoms with Crippen molar-refractivity contribution in [3.63, 3.8) is 0 Å². The number of para-hydroxylation sites is 1. The van der Waals surface area contributed by atoms with E-state index in [9.17, 15) is 14.4 Å². The lowest BCUT2D eigenvalue weighted by molar-refractivity contribution is -0.113. The van der Waals surface area contributed by atoms with E-state index in [4.69, 9.17) is 0 Å². The van der Waals surface area contributed by atoms with Crippen molar-refractivity contribution in [3.05, 3.63) is 63.9 Å². The molecule has 0 bridgehead atoms. The maximum Gasteiger partial charge on any atom is 0.262 e. The predicted molar refractivity (Wildman–Crippen MR) is 143 cm³/mol. The average molecular weight is 507 g/mol. The Morgan fingerprint density at radius 3 is 2.50 bits per heavy atom. The third-order valence-corrected chi connectivity index (χ3v) is 6.48. The van der Waals surface area contributed by atoms with Crippen molar-refractivity contribution < 1.29 is 9.59 Å². The Bertz CT molecular complexity index is 1510. The number of amides is 2. The Balaban J connectivity index is 1.76. The number of fused-ring (bicyclic) bond motifs is 3. The minimum atomic E-state index is -0.230. The molecule has 9 nitrogen and oxygen atoms in total. The lowest BCUT2D eigenvalue weighted by atomic mass is 10.1. The Morgan fingerprint density at radius 1 is 1.06 bits per heavy atom. The second-order valence-electron chi connectivity index (χ2n) is 9.44. The standard InChI is InChI=1S/C26H30N6O3S/c1-15(2)13-31-24(35)19-11-10-18(23(34)27-16(3)4)12-21(19)32-25(31)29-30-26(32)36-14-22(33)28-20-9-7-6-8-17(20)5/h6-12,15-16H,13-14H2,1-5H3,(H,27,34)(H,28,33). The van der Waals surface area contributed by atoms with Crippen molar-refractivity contribution in [2.45, 2.75) is 52.4 Å². The van der Waals surface area contributed by atoms with Crippen molar-refractivity contribution >= 4 is 45.9 Å². The van der Waals surface area contributed by atoms with Gasteiger partial charge in [-0.3, -0.25) is 23.4 Å². The first-order valence-electron chi connectivity index (χ1n) is 11.9.